The molecule has 1 aliphatic heterocycles. The lowest BCUT2D eigenvalue weighted by atomic mass is 9.89. The number of nitrogens with zero attached hydrogens (tertiary/aromatic N) is 3. The van der Waals surface area contributed by atoms with Crippen LogP contribution in [-0.4, -0.2) is 40.2 Å². The Balaban J connectivity index is 2.21. The Kier molecular flexibility index (Phi) is 4.76. The summed E-state index contributed by atoms with van der Waals surface area (Å²) >= 11 is 0. The molecule has 0 aromatic carbocycles. The van der Waals surface area contributed by atoms with E-state index in [1.165, 1.54) is 0 Å². The standard InChI is InChI=1S/C14H21N3O3/c1-3-10-5-6-17(11(7-10)14(18)19)12-8-15-9-13(16-12)20-4-2/h8-11H,3-7H2,1-2H3,(H,18,19). The highest BCUT2D eigenvalue weighted by Crippen LogP contribution is 2.29. The quantitative estimate of drug-likeness (QED) is 0.888. The first-order valence-electron chi connectivity index (χ1n) is 7.10. The molecule has 0 spiro atoms. The number of carboxylic acids is 1. The van der Waals surface area contributed by atoms with Crippen molar-refractivity contribution < 1.29 is 14.6 Å². The molecule has 0 radical (unpaired) electrons. The summed E-state index contributed by atoms with van der Waals surface area (Å²) in [6, 6.07) is -0.528. The van der Waals surface area contributed by atoms with Crippen LogP contribution in [0.15, 0.2) is 12.4 Å². The maximum atomic E-state index is 11.5. The molecule has 2 atom stereocenters. The van der Waals surface area contributed by atoms with Crippen molar-refractivity contribution in [1.82, 2.24) is 9.97 Å². The van der Waals surface area contributed by atoms with Gasteiger partial charge < -0.3 is 14.7 Å². The van der Waals surface area contributed by atoms with E-state index < -0.39 is 12.0 Å². The van der Waals surface area contributed by atoms with Crippen molar-refractivity contribution in [2.24, 2.45) is 5.92 Å². The second-order valence-electron chi connectivity index (χ2n) is 4.99. The summed E-state index contributed by atoms with van der Waals surface area (Å²) in [5, 5.41) is 9.43. The van der Waals surface area contributed by atoms with E-state index in [9.17, 15) is 9.90 Å². The number of aromatic nitrogens is 2. The van der Waals surface area contributed by atoms with Gasteiger partial charge in [-0.25, -0.2) is 4.79 Å². The summed E-state index contributed by atoms with van der Waals surface area (Å²) in [4.78, 5) is 21.7. The molecule has 0 saturated carbocycles. The van der Waals surface area contributed by atoms with Gasteiger partial charge in [0, 0.05) is 6.54 Å². The van der Waals surface area contributed by atoms with Gasteiger partial charge in [0.05, 0.1) is 19.0 Å². The molecule has 1 aliphatic rings. The summed E-state index contributed by atoms with van der Waals surface area (Å²) in [5.74, 6) is 0.687. The van der Waals surface area contributed by atoms with Crippen LogP contribution in [0.4, 0.5) is 5.82 Å². The molecule has 0 bridgehead atoms. The lowest BCUT2D eigenvalue weighted by Crippen LogP contribution is -2.47. The molecular weight excluding hydrogens is 258 g/mol. The van der Waals surface area contributed by atoms with Crippen LogP contribution in [0.3, 0.4) is 0 Å². The summed E-state index contributed by atoms with van der Waals surface area (Å²) in [7, 11) is 0. The van der Waals surface area contributed by atoms with Gasteiger partial charge in [0.2, 0.25) is 5.88 Å². The minimum atomic E-state index is -0.799. The number of rotatable bonds is 5. The van der Waals surface area contributed by atoms with E-state index >= 15 is 0 Å². The van der Waals surface area contributed by atoms with Crippen LogP contribution >= 0.6 is 0 Å². The normalized spacial score (nSPS) is 22.6. The van der Waals surface area contributed by atoms with Crippen molar-refractivity contribution in [2.75, 3.05) is 18.1 Å². The third-order valence-corrected chi connectivity index (χ3v) is 3.76. The molecule has 1 fully saturated rings. The highest BCUT2D eigenvalue weighted by molar-refractivity contribution is 5.78. The molecule has 6 heteroatoms. The van der Waals surface area contributed by atoms with Crippen LogP contribution in [0.1, 0.15) is 33.1 Å². The Morgan fingerprint density at radius 1 is 1.50 bits per heavy atom. The average molecular weight is 279 g/mol. The summed E-state index contributed by atoms with van der Waals surface area (Å²) in [6.07, 6.45) is 5.81. The first kappa shape index (κ1) is 14.6. The summed E-state index contributed by atoms with van der Waals surface area (Å²) in [6.45, 7) is 5.19. The molecule has 1 aromatic heterocycles. The van der Waals surface area contributed by atoms with Gasteiger partial charge in [-0.1, -0.05) is 13.3 Å². The van der Waals surface area contributed by atoms with E-state index in [1.807, 2.05) is 11.8 Å². The van der Waals surface area contributed by atoms with Crippen molar-refractivity contribution in [3.63, 3.8) is 0 Å². The Bertz CT molecular complexity index is 467. The molecule has 20 heavy (non-hydrogen) atoms. The van der Waals surface area contributed by atoms with Crippen LogP contribution in [0, 0.1) is 5.92 Å². The lowest BCUT2D eigenvalue weighted by molar-refractivity contribution is -0.139. The minimum Gasteiger partial charge on any atom is -0.480 e. The van der Waals surface area contributed by atoms with Gasteiger partial charge in [-0.05, 0) is 25.7 Å². The number of piperidine rings is 1. The number of aliphatic carboxylic acids is 1. The van der Waals surface area contributed by atoms with Crippen molar-refractivity contribution in [3.05, 3.63) is 12.4 Å². The molecule has 110 valence electrons. The van der Waals surface area contributed by atoms with Gasteiger partial charge in [-0.15, -0.1) is 0 Å². The maximum absolute atomic E-state index is 11.5. The van der Waals surface area contributed by atoms with E-state index in [0.717, 1.165) is 12.8 Å². The zero-order chi connectivity index (χ0) is 14.5. The highest BCUT2D eigenvalue weighted by atomic mass is 16.5. The van der Waals surface area contributed by atoms with Crippen LogP contribution < -0.4 is 9.64 Å². The first-order valence-corrected chi connectivity index (χ1v) is 7.10. The average Bonchev–Trinajstić information content (AvgIpc) is 2.47. The fraction of sp³-hybridized carbons (Fsp3) is 0.643. The van der Waals surface area contributed by atoms with Gasteiger partial charge in [0.1, 0.15) is 6.04 Å². The van der Waals surface area contributed by atoms with Crippen molar-refractivity contribution in [3.8, 4) is 5.88 Å². The van der Waals surface area contributed by atoms with Gasteiger partial charge >= 0.3 is 5.97 Å². The molecule has 1 aromatic rings. The van der Waals surface area contributed by atoms with E-state index in [-0.39, 0.29) is 0 Å². The van der Waals surface area contributed by atoms with Crippen LogP contribution in [0.2, 0.25) is 0 Å². The second kappa shape index (κ2) is 6.54. The van der Waals surface area contributed by atoms with Crippen molar-refractivity contribution in [1.29, 1.82) is 0 Å². The third kappa shape index (κ3) is 3.18. The van der Waals surface area contributed by atoms with Crippen LogP contribution in [0.25, 0.3) is 0 Å². The lowest BCUT2D eigenvalue weighted by Gasteiger charge is -2.37. The Hall–Kier alpha value is -1.85. The van der Waals surface area contributed by atoms with Crippen molar-refractivity contribution in [2.45, 2.75) is 39.2 Å². The Morgan fingerprint density at radius 3 is 2.95 bits per heavy atom. The molecule has 1 saturated heterocycles. The van der Waals surface area contributed by atoms with Crippen LogP contribution in [0.5, 0.6) is 5.88 Å². The van der Waals surface area contributed by atoms with Gasteiger partial charge in [-0.2, -0.15) is 4.98 Å². The smallest absolute Gasteiger partial charge is 0.326 e. The minimum absolute atomic E-state index is 0.437. The summed E-state index contributed by atoms with van der Waals surface area (Å²) in [5.41, 5.74) is 0. The predicted octanol–water partition coefficient (Wildman–Crippen LogP) is 1.95. The van der Waals surface area contributed by atoms with E-state index in [0.29, 0.717) is 37.2 Å². The Morgan fingerprint density at radius 2 is 2.30 bits per heavy atom. The molecule has 6 nitrogen and oxygen atoms in total. The largest absolute Gasteiger partial charge is 0.480 e. The number of hydrogen-bond acceptors (Lipinski definition) is 5. The third-order valence-electron chi connectivity index (χ3n) is 3.76. The number of ether oxygens (including phenoxy) is 1. The second-order valence-corrected chi connectivity index (χ2v) is 4.99. The van der Waals surface area contributed by atoms with E-state index in [1.54, 1.807) is 12.4 Å². The fourth-order valence-corrected chi connectivity index (χ4v) is 2.61. The SMILES string of the molecule is CCOc1cncc(N2CCC(CC)CC2C(=O)O)n1. The van der Waals surface area contributed by atoms with Gasteiger partial charge in [0.25, 0.3) is 0 Å². The molecule has 2 unspecified atom stereocenters. The van der Waals surface area contributed by atoms with E-state index in [2.05, 4.69) is 16.9 Å². The summed E-state index contributed by atoms with van der Waals surface area (Å²) < 4.78 is 5.33. The zero-order valence-electron chi connectivity index (χ0n) is 12.0. The molecule has 0 aliphatic carbocycles. The Labute approximate surface area is 118 Å². The molecule has 2 heterocycles. The van der Waals surface area contributed by atoms with Crippen LogP contribution in [-0.2, 0) is 4.79 Å². The molecular formula is C14H21N3O3. The predicted molar refractivity (Wildman–Crippen MR) is 75.0 cm³/mol. The highest BCUT2D eigenvalue weighted by Gasteiger charge is 2.33. The number of carboxylic acid groups (broad SMARTS) is 1. The molecule has 2 rings (SSSR count). The maximum Gasteiger partial charge on any atom is 0.326 e. The topological polar surface area (TPSA) is 75.5 Å². The van der Waals surface area contributed by atoms with Crippen molar-refractivity contribution >= 4 is 11.8 Å². The molecule has 0 amide bonds. The number of carbonyl (C=O) groups is 1. The number of hydrogen-bond donors (Lipinski definition) is 1. The molecule has 1 N–H and O–H groups in total. The monoisotopic (exact) mass is 279 g/mol. The number of anilines is 1. The van der Waals surface area contributed by atoms with Gasteiger partial charge in [-0.3, -0.25) is 4.98 Å². The zero-order valence-corrected chi connectivity index (χ0v) is 12.0. The fourth-order valence-electron chi connectivity index (χ4n) is 2.61. The van der Waals surface area contributed by atoms with E-state index in [4.69, 9.17) is 4.74 Å². The van der Waals surface area contributed by atoms with Gasteiger partial charge in [0.15, 0.2) is 5.82 Å². The first-order chi connectivity index (χ1) is 9.65.